The van der Waals surface area contributed by atoms with E-state index in [1.807, 2.05) is 267 Å². The first-order valence-corrected chi connectivity index (χ1v) is 60.5. The van der Waals surface area contributed by atoms with E-state index in [1.54, 1.807) is 0 Å². The number of rotatable bonds is 15. The summed E-state index contributed by atoms with van der Waals surface area (Å²) in [5, 5.41) is 23.0. The van der Waals surface area contributed by atoms with Crippen molar-refractivity contribution in [3.05, 3.63) is 440 Å². The first-order chi connectivity index (χ1) is 74.0. The average Bonchev–Trinajstić information content (AvgIpc) is 0.899. The van der Waals surface area contributed by atoms with Crippen LogP contribution in [0.15, 0.2) is 431 Å². The SMILES string of the molecule is O=C(Oc1ccc([S+]2CCCC2)c2ccccc12)c1c2ccccc2cc2ccccc12.O=C(Oc1ccc([S+]2CCCC2)c2ccccc12)c1cccc2ccccc12.O=C(Oc1ccc([S+]2CCCCC2)c2ccccc12)C1=CCc2ccccc21.O=C(Oc1ccc([S+]2CCCCC2)c2ccccc12)c1c2ccccc2cc2ccccc12.O=C(Oc1ccc([S+]2CCCCC2)c2ccccc12)c1cccc2ccccc12. The van der Waals surface area contributed by atoms with Crippen LogP contribution in [0, 0.1) is 0 Å². The summed E-state index contributed by atoms with van der Waals surface area (Å²) in [5.41, 5.74) is 5.33. The van der Waals surface area contributed by atoms with Crippen molar-refractivity contribution in [3.8, 4) is 28.7 Å². The maximum atomic E-state index is 13.7. The van der Waals surface area contributed by atoms with Crippen LogP contribution in [0.2, 0.25) is 0 Å². The Morgan fingerprint density at radius 1 is 0.180 bits per heavy atom. The molecule has 10 nitrogen and oxygen atoms in total. The fraction of sp³-hybridized carbons (Fsp3) is 0.178. The topological polar surface area (TPSA) is 132 Å². The first-order valence-electron chi connectivity index (χ1n) is 52.6. The number of benzene rings is 21. The second-order valence-corrected chi connectivity index (χ2v) is 50.2. The largest absolute Gasteiger partial charge is 0.422 e. The lowest BCUT2D eigenvalue weighted by atomic mass is 9.97. The lowest BCUT2D eigenvalue weighted by molar-refractivity contribution is -0.127. The molecule has 740 valence electrons. The van der Waals surface area contributed by atoms with E-state index >= 15 is 0 Å². The summed E-state index contributed by atoms with van der Waals surface area (Å²) in [7, 11) is 1.52. The molecule has 6 aliphatic rings. The molecule has 0 atom stereocenters. The van der Waals surface area contributed by atoms with Crippen molar-refractivity contribution in [1.82, 2.24) is 0 Å². The molecule has 0 amide bonds. The van der Waals surface area contributed by atoms with Gasteiger partial charge in [0.1, 0.15) is 86.3 Å². The molecule has 0 unspecified atom stereocenters. The highest BCUT2D eigenvalue weighted by Gasteiger charge is 2.36. The minimum absolute atomic E-state index is 0.261. The zero-order valence-electron chi connectivity index (χ0n) is 83.8. The Labute approximate surface area is 889 Å². The highest BCUT2D eigenvalue weighted by Crippen LogP contribution is 2.45. The molecule has 1 aliphatic carbocycles. The maximum Gasteiger partial charge on any atom is 0.344 e. The van der Waals surface area contributed by atoms with Crippen LogP contribution in [0.25, 0.3) is 124 Å². The highest BCUT2D eigenvalue weighted by atomic mass is 32.2. The van der Waals surface area contributed by atoms with Gasteiger partial charge in [0.15, 0.2) is 24.5 Å². The van der Waals surface area contributed by atoms with Gasteiger partial charge in [-0.05, 0) is 281 Å². The van der Waals surface area contributed by atoms with E-state index in [0.29, 0.717) is 100 Å². The summed E-state index contributed by atoms with van der Waals surface area (Å²) >= 11 is 0. The molecule has 0 radical (unpaired) electrons. The Hall–Kier alpha value is -14.7. The van der Waals surface area contributed by atoms with Gasteiger partial charge in [-0.15, -0.1) is 0 Å². The molecular weight excluding hydrogens is 1940 g/mol. The minimum Gasteiger partial charge on any atom is -0.422 e. The fourth-order valence-corrected chi connectivity index (χ4v) is 34.8. The van der Waals surface area contributed by atoms with E-state index in [-0.39, 0.29) is 40.7 Å². The fourth-order valence-electron chi connectivity index (χ4n) is 22.3. The smallest absolute Gasteiger partial charge is 0.344 e. The second-order valence-electron chi connectivity index (χ2n) is 39.0. The lowest BCUT2D eigenvalue weighted by Gasteiger charge is -2.16. The van der Waals surface area contributed by atoms with Gasteiger partial charge in [-0.1, -0.05) is 291 Å². The Morgan fingerprint density at radius 3 is 0.693 bits per heavy atom. The summed E-state index contributed by atoms with van der Waals surface area (Å²) in [4.78, 5) is 73.3. The van der Waals surface area contributed by atoms with Crippen LogP contribution in [0.5, 0.6) is 28.7 Å². The maximum absolute atomic E-state index is 13.7. The zero-order chi connectivity index (χ0) is 101. The minimum atomic E-state index is -0.307. The standard InChI is InChI=1S/C30H25O2S.C29H23O2S.C26H23O2S.C25H23O2S.C25H21O2S/c31-30(29-23-12-4-2-10-21(23)20-22-11-3-5-13-24(22)29)32-27-16-17-28(33-18-8-1-9-19-33)26-15-7-6-14-25(26)27;30-29(28-22-11-3-1-9-20(22)19-21-10-2-4-12-23(21)28)31-26-15-16-27(32-17-7-8-18-32)25-14-6-5-13-24(25)26;27-26(23-14-8-10-19-9-2-3-11-20(19)23)28-24-15-16-25(29-17-6-1-7-18-29)22-13-5-4-12-21(22)24;26-25(22-13-12-18-8-2-3-9-19(18)22)27-23-14-15-24(28-16-6-1-7-17-28)21-11-5-4-10-20(21)23;26-25(22-13-7-9-18-8-1-2-10-19(18)22)27-23-14-15-24(28-16-5-6-17-28)21-12-4-3-11-20(21)23/h2-7,10-17,20H,1,8-9,18-19H2;1-6,9-16,19H,7-8,17-18H2;2-5,8-16H,1,6-7,17-18H2;2-5,8-11,13-15H,1,6-7,12,16-17H2;1-4,7-15H,5-6,16-17H2/q5*+1. The highest BCUT2D eigenvalue weighted by molar-refractivity contribution is 7.98. The van der Waals surface area contributed by atoms with Crippen molar-refractivity contribution < 1.29 is 47.7 Å². The number of carbonyl (C=O) groups is 5. The predicted molar refractivity (Wildman–Crippen MR) is 631 cm³/mol. The molecule has 0 aromatic heterocycles. The van der Waals surface area contributed by atoms with Crippen LogP contribution in [0.1, 0.15) is 136 Å². The second kappa shape index (κ2) is 45.8. The number of carbonyl (C=O) groups excluding carboxylic acids is 5. The Balaban J connectivity index is 0.000000103. The number of allylic oxidation sites excluding steroid dienone is 1. The quantitative estimate of drug-likeness (QED) is 0.0423. The van der Waals surface area contributed by atoms with E-state index in [1.165, 1.54) is 198 Å². The first kappa shape index (κ1) is 98.6. The third-order valence-electron chi connectivity index (χ3n) is 29.7. The van der Waals surface area contributed by atoms with Crippen molar-refractivity contribution in [2.24, 2.45) is 0 Å². The van der Waals surface area contributed by atoms with Gasteiger partial charge < -0.3 is 23.7 Å². The van der Waals surface area contributed by atoms with Gasteiger partial charge in [-0.25, -0.2) is 24.0 Å². The molecular formula is C135H115O10S5+5. The molecule has 21 aromatic rings. The van der Waals surface area contributed by atoms with Crippen LogP contribution in [-0.4, -0.2) is 87.4 Å². The van der Waals surface area contributed by atoms with Crippen molar-refractivity contribution in [3.63, 3.8) is 0 Å². The summed E-state index contributed by atoms with van der Waals surface area (Å²) in [6.07, 6.45) is 20.0. The van der Waals surface area contributed by atoms with E-state index in [9.17, 15) is 24.0 Å². The summed E-state index contributed by atoms with van der Waals surface area (Å²) < 4.78 is 30.0. The molecule has 0 spiro atoms. The van der Waals surface area contributed by atoms with E-state index in [4.69, 9.17) is 23.7 Å². The predicted octanol–water partition coefficient (Wildman–Crippen LogP) is 32.6. The normalized spacial score (nSPS) is 15.0. The average molecular weight is 2060 g/mol. The number of ether oxygens (including phenoxy) is 5. The number of esters is 5. The number of hydrogen-bond donors (Lipinski definition) is 0. The number of fused-ring (bicyclic) bond motifs is 12. The van der Waals surface area contributed by atoms with Gasteiger partial charge in [-0.2, -0.15) is 0 Å². The monoisotopic (exact) mass is 2060 g/mol. The molecule has 27 rings (SSSR count). The molecule has 21 aromatic carbocycles. The molecule has 0 bridgehead atoms. The summed E-state index contributed by atoms with van der Waals surface area (Å²) in [6, 6.07) is 134. The van der Waals surface area contributed by atoms with Crippen molar-refractivity contribution >= 4 is 208 Å². The summed E-state index contributed by atoms with van der Waals surface area (Å²) in [6.45, 7) is 0. The third-order valence-corrected chi connectivity index (χ3v) is 42.4. The molecule has 0 saturated carbocycles. The molecule has 5 aliphatic heterocycles. The van der Waals surface area contributed by atoms with Crippen LogP contribution in [0.4, 0.5) is 0 Å². The van der Waals surface area contributed by atoms with Gasteiger partial charge in [-0.3, -0.25) is 0 Å². The van der Waals surface area contributed by atoms with Crippen molar-refractivity contribution in [2.75, 3.05) is 57.5 Å². The van der Waals surface area contributed by atoms with Crippen LogP contribution in [0.3, 0.4) is 0 Å². The van der Waals surface area contributed by atoms with E-state index in [0.717, 1.165) is 104 Å². The molecule has 15 heteroatoms. The Kier molecular flexibility index (Phi) is 30.1. The van der Waals surface area contributed by atoms with Crippen LogP contribution < -0.4 is 23.7 Å². The van der Waals surface area contributed by atoms with Gasteiger partial charge in [0.25, 0.3) is 0 Å². The van der Waals surface area contributed by atoms with Crippen molar-refractivity contribution in [1.29, 1.82) is 0 Å². The van der Waals surface area contributed by atoms with Gasteiger partial charge in [0.05, 0.1) is 27.8 Å². The Morgan fingerprint density at radius 2 is 0.400 bits per heavy atom. The van der Waals surface area contributed by atoms with E-state index in [2.05, 4.69) is 140 Å². The van der Waals surface area contributed by atoms with Gasteiger partial charge in [0, 0.05) is 108 Å². The number of hydrogen-bond acceptors (Lipinski definition) is 10. The zero-order valence-corrected chi connectivity index (χ0v) is 87.9. The van der Waals surface area contributed by atoms with Gasteiger partial charge in [0.2, 0.25) is 0 Å². The third kappa shape index (κ3) is 21.0. The molecule has 5 fully saturated rings. The van der Waals surface area contributed by atoms with Crippen LogP contribution >= 0.6 is 0 Å². The molecule has 150 heavy (non-hydrogen) atoms. The molecule has 0 N–H and O–H groups in total. The van der Waals surface area contributed by atoms with Crippen molar-refractivity contribution in [2.45, 2.75) is 114 Å². The molecule has 5 heterocycles. The van der Waals surface area contributed by atoms with Gasteiger partial charge >= 0.3 is 29.8 Å². The Bertz CT molecular complexity index is 8650. The van der Waals surface area contributed by atoms with Crippen LogP contribution in [-0.2, 0) is 65.7 Å². The lowest BCUT2D eigenvalue weighted by Crippen LogP contribution is -2.18. The summed E-state index contributed by atoms with van der Waals surface area (Å²) in [5.74, 6) is 14.5. The molecule has 5 saturated heterocycles. The van der Waals surface area contributed by atoms with E-state index < -0.39 is 0 Å².